The van der Waals surface area contributed by atoms with Gasteiger partial charge in [-0.15, -0.1) is 12.4 Å². The summed E-state index contributed by atoms with van der Waals surface area (Å²) in [5.74, 6) is -0.123. The van der Waals surface area contributed by atoms with E-state index < -0.39 is 0 Å². The lowest BCUT2D eigenvalue weighted by molar-refractivity contribution is -0.140. The van der Waals surface area contributed by atoms with Crippen LogP contribution in [0.25, 0.3) is 0 Å². The zero-order chi connectivity index (χ0) is 9.28. The van der Waals surface area contributed by atoms with Crippen molar-refractivity contribution in [1.82, 2.24) is 4.90 Å². The maximum absolute atomic E-state index is 10.2. The molecule has 0 atom stereocenters. The number of halogens is 1. The van der Waals surface area contributed by atoms with E-state index in [1.54, 1.807) is 0 Å². The third-order valence-electron chi connectivity index (χ3n) is 0.682. The molecule has 0 saturated heterocycles. The smallest absolute Gasteiger partial charge is 0.305 e. The van der Waals surface area contributed by atoms with E-state index in [1.807, 2.05) is 33.0 Å². The van der Waals surface area contributed by atoms with Crippen molar-refractivity contribution in [3.63, 3.8) is 0 Å². The Morgan fingerprint density at radius 3 is 1.75 bits per heavy atom. The first kappa shape index (κ1) is 17.7. The van der Waals surface area contributed by atoms with Crippen molar-refractivity contribution < 1.29 is 9.53 Å². The van der Waals surface area contributed by atoms with Gasteiger partial charge in [0, 0.05) is 6.42 Å². The van der Waals surface area contributed by atoms with Crippen LogP contribution >= 0.6 is 12.4 Å². The topological polar surface area (TPSA) is 29.5 Å². The van der Waals surface area contributed by atoms with Gasteiger partial charge in [-0.3, -0.25) is 4.79 Å². The Bertz CT molecular complexity index is 94.3. The van der Waals surface area contributed by atoms with Crippen molar-refractivity contribution in [2.45, 2.75) is 19.8 Å². The van der Waals surface area contributed by atoms with Crippen LogP contribution in [-0.4, -0.2) is 39.1 Å². The predicted octanol–water partition coefficient (Wildman–Crippen LogP) is 1.56. The van der Waals surface area contributed by atoms with Crippen LogP contribution in [0.2, 0.25) is 0 Å². The lowest BCUT2D eigenvalue weighted by atomic mass is 10.3. The molecule has 0 radical (unpaired) electrons. The molecule has 0 spiro atoms. The summed E-state index contributed by atoms with van der Waals surface area (Å²) in [5, 5.41) is 0. The Labute approximate surface area is 81.5 Å². The van der Waals surface area contributed by atoms with Gasteiger partial charge in [-0.2, -0.15) is 0 Å². The first-order valence-electron chi connectivity index (χ1n) is 3.72. The lowest BCUT2D eigenvalue weighted by Crippen LogP contribution is -1.99. The Morgan fingerprint density at radius 1 is 1.33 bits per heavy atom. The molecule has 0 rings (SSSR count). The summed E-state index contributed by atoms with van der Waals surface area (Å²) < 4.78 is 4.35. The van der Waals surface area contributed by atoms with Crippen molar-refractivity contribution >= 4 is 18.4 Å². The minimum Gasteiger partial charge on any atom is -0.469 e. The highest BCUT2D eigenvalue weighted by molar-refractivity contribution is 5.85. The van der Waals surface area contributed by atoms with Crippen LogP contribution in [0.5, 0.6) is 0 Å². The van der Waals surface area contributed by atoms with E-state index in [1.165, 1.54) is 7.11 Å². The predicted molar refractivity (Wildman–Crippen MR) is 53.8 cm³/mol. The van der Waals surface area contributed by atoms with Crippen molar-refractivity contribution in [3.05, 3.63) is 0 Å². The molecule has 76 valence electrons. The molecule has 0 aliphatic heterocycles. The van der Waals surface area contributed by atoms with Gasteiger partial charge in [0.25, 0.3) is 0 Å². The molecule has 0 aliphatic carbocycles. The van der Waals surface area contributed by atoms with Gasteiger partial charge in [0.1, 0.15) is 0 Å². The Balaban J connectivity index is -0.000000142. The largest absolute Gasteiger partial charge is 0.469 e. The minimum absolute atomic E-state index is 0. The second-order valence-electron chi connectivity index (χ2n) is 2.67. The maximum Gasteiger partial charge on any atom is 0.305 e. The molecule has 0 amide bonds. The zero-order valence-corrected chi connectivity index (χ0v) is 9.40. The van der Waals surface area contributed by atoms with Gasteiger partial charge in [0.15, 0.2) is 0 Å². The van der Waals surface area contributed by atoms with Crippen LogP contribution in [0.4, 0.5) is 0 Å². The van der Waals surface area contributed by atoms with E-state index in [2.05, 4.69) is 4.74 Å². The van der Waals surface area contributed by atoms with E-state index in [9.17, 15) is 4.79 Å². The first-order chi connectivity index (χ1) is 5.04. The Morgan fingerprint density at radius 2 is 1.67 bits per heavy atom. The van der Waals surface area contributed by atoms with Crippen LogP contribution in [0, 0.1) is 0 Å². The number of hydrogen-bond acceptors (Lipinski definition) is 3. The average molecular weight is 198 g/mol. The van der Waals surface area contributed by atoms with Crippen molar-refractivity contribution in [2.75, 3.05) is 28.3 Å². The molecular weight excluding hydrogens is 178 g/mol. The van der Waals surface area contributed by atoms with Crippen molar-refractivity contribution in [3.8, 4) is 0 Å². The summed E-state index contributed by atoms with van der Waals surface area (Å²) in [6.07, 6.45) is 1.41. The normalized spacial score (nSPS) is 7.83. The van der Waals surface area contributed by atoms with E-state index >= 15 is 0 Å². The lowest BCUT2D eigenvalue weighted by Gasteiger charge is -1.91. The number of nitrogens with zero attached hydrogens (tertiary/aromatic N) is 1. The second kappa shape index (κ2) is 13.3. The first-order valence-corrected chi connectivity index (χ1v) is 3.72. The molecule has 0 unspecified atom stereocenters. The number of rotatable bonds is 2. The highest BCUT2D eigenvalue weighted by Gasteiger charge is 1.92. The summed E-state index contributed by atoms with van der Waals surface area (Å²) in [6, 6.07) is 0. The molecule has 0 fully saturated rings. The molecule has 0 bridgehead atoms. The van der Waals surface area contributed by atoms with Crippen LogP contribution in [0.3, 0.4) is 0 Å². The molecule has 0 aromatic rings. The number of ether oxygens (including phenoxy) is 1. The molecule has 0 aliphatic rings. The van der Waals surface area contributed by atoms with Gasteiger partial charge >= 0.3 is 5.97 Å². The van der Waals surface area contributed by atoms with Gasteiger partial charge in [-0.05, 0) is 27.6 Å². The zero-order valence-electron chi connectivity index (χ0n) is 8.59. The standard InChI is InChI=1S/C5H10O2.C3H9N.ClH/c1-3-4-5(6)7-2;1-4(2)3;/h3-4H2,1-2H3;1-3H3;1H. The summed E-state index contributed by atoms with van der Waals surface area (Å²) >= 11 is 0. The summed E-state index contributed by atoms with van der Waals surface area (Å²) in [6.45, 7) is 1.94. The van der Waals surface area contributed by atoms with Gasteiger partial charge in [-0.25, -0.2) is 0 Å². The molecule has 4 heteroatoms. The molecule has 3 nitrogen and oxygen atoms in total. The molecule has 0 N–H and O–H groups in total. The summed E-state index contributed by atoms with van der Waals surface area (Å²) in [7, 11) is 7.40. The summed E-state index contributed by atoms with van der Waals surface area (Å²) in [4.78, 5) is 12.2. The highest BCUT2D eigenvalue weighted by Crippen LogP contribution is 1.86. The third-order valence-corrected chi connectivity index (χ3v) is 0.682. The van der Waals surface area contributed by atoms with Crippen molar-refractivity contribution in [1.29, 1.82) is 0 Å². The van der Waals surface area contributed by atoms with E-state index in [-0.39, 0.29) is 18.4 Å². The van der Waals surface area contributed by atoms with Crippen LogP contribution < -0.4 is 0 Å². The number of carbonyl (C=O) groups is 1. The van der Waals surface area contributed by atoms with E-state index in [4.69, 9.17) is 0 Å². The number of esters is 1. The van der Waals surface area contributed by atoms with Crippen molar-refractivity contribution in [2.24, 2.45) is 0 Å². The quantitative estimate of drug-likeness (QED) is 0.630. The van der Waals surface area contributed by atoms with E-state index in [0.717, 1.165) is 6.42 Å². The fourth-order valence-corrected chi connectivity index (χ4v) is 0.306. The Kier molecular flexibility index (Phi) is 19.7. The SMILES string of the molecule is CCCC(=O)OC.CN(C)C.Cl. The molecule has 0 aromatic heterocycles. The van der Waals surface area contributed by atoms with Crippen LogP contribution in [0.1, 0.15) is 19.8 Å². The molecule has 0 saturated carbocycles. The highest BCUT2D eigenvalue weighted by atomic mass is 35.5. The molecule has 0 aromatic carbocycles. The van der Waals surface area contributed by atoms with E-state index in [0.29, 0.717) is 6.42 Å². The third kappa shape index (κ3) is 33.2. The van der Waals surface area contributed by atoms with Gasteiger partial charge in [0.05, 0.1) is 7.11 Å². The average Bonchev–Trinajstić information content (AvgIpc) is 1.87. The monoisotopic (exact) mass is 197 g/mol. The number of carbonyl (C=O) groups excluding carboxylic acids is 1. The maximum atomic E-state index is 10.2. The van der Waals surface area contributed by atoms with Crippen LogP contribution in [0.15, 0.2) is 0 Å². The number of hydrogen-bond donors (Lipinski definition) is 0. The van der Waals surface area contributed by atoms with Gasteiger partial charge in [0.2, 0.25) is 0 Å². The number of methoxy groups -OCH3 is 1. The Hall–Kier alpha value is -0.280. The molecule has 0 heterocycles. The molecule has 12 heavy (non-hydrogen) atoms. The van der Waals surface area contributed by atoms with Gasteiger partial charge in [-0.1, -0.05) is 6.92 Å². The second-order valence-corrected chi connectivity index (χ2v) is 2.67. The fraction of sp³-hybridized carbons (Fsp3) is 0.875. The molecular formula is C8H20ClNO2. The summed E-state index contributed by atoms with van der Waals surface area (Å²) in [5.41, 5.74) is 0. The van der Waals surface area contributed by atoms with Gasteiger partial charge < -0.3 is 9.64 Å². The van der Waals surface area contributed by atoms with Crippen LogP contribution in [-0.2, 0) is 9.53 Å². The minimum atomic E-state index is -0.123. The fourth-order valence-electron chi connectivity index (χ4n) is 0.306.